The molecule has 0 saturated heterocycles. The molecule has 0 saturated carbocycles. The molecule has 4 unspecified atom stereocenters. The number of rotatable bonds is 5. The molecule has 0 bridgehead atoms. The van der Waals surface area contributed by atoms with Crippen LogP contribution >= 0.6 is 0 Å². The van der Waals surface area contributed by atoms with E-state index in [4.69, 9.17) is 0 Å². The minimum Gasteiger partial charge on any atom is -0.245 e. The molecule has 0 amide bonds. The minimum atomic E-state index is -1.85. The summed E-state index contributed by atoms with van der Waals surface area (Å²) >= 11 is 0. The molecule has 0 aliphatic heterocycles. The predicted octanol–water partition coefficient (Wildman–Crippen LogP) is 2.97. The third kappa shape index (κ3) is 4.57. The van der Waals surface area contributed by atoms with Gasteiger partial charge in [0.25, 0.3) is 0 Å². The highest BCUT2D eigenvalue weighted by atomic mass is 19.2. The van der Waals surface area contributed by atoms with Crippen molar-refractivity contribution in [3.63, 3.8) is 0 Å². The molecular weight excluding hydrogens is 172 g/mol. The summed E-state index contributed by atoms with van der Waals surface area (Å²) in [7, 11) is 0. The maximum Gasteiger partial charge on any atom is 0.131 e. The van der Waals surface area contributed by atoms with E-state index in [-0.39, 0.29) is 12.8 Å². The van der Waals surface area contributed by atoms with Crippen molar-refractivity contribution in [2.75, 3.05) is 0 Å². The molecule has 0 fully saturated rings. The van der Waals surface area contributed by atoms with Crippen LogP contribution in [0.5, 0.6) is 0 Å². The van der Waals surface area contributed by atoms with E-state index in [9.17, 15) is 17.6 Å². The fraction of sp³-hybridized carbons (Fsp3) is 0.875. The summed E-state index contributed by atoms with van der Waals surface area (Å²) in [6.07, 6.45) is -7.59. The average Bonchev–Trinajstić information content (AvgIpc) is 1.98. The molecule has 0 nitrogen and oxygen atoms in total. The van der Waals surface area contributed by atoms with Gasteiger partial charge in [-0.05, 0) is 26.7 Å². The Balaban J connectivity index is 3.54. The lowest BCUT2D eigenvalue weighted by Crippen LogP contribution is -2.19. The molecule has 0 heterocycles. The van der Waals surface area contributed by atoms with E-state index in [1.54, 1.807) is 0 Å². The Morgan fingerprint density at radius 1 is 1.00 bits per heavy atom. The van der Waals surface area contributed by atoms with Crippen LogP contribution in [-0.4, -0.2) is 24.7 Å². The largest absolute Gasteiger partial charge is 0.245 e. The second-order valence-corrected chi connectivity index (χ2v) is 2.80. The SMILES string of the molecule is [CH2]C(F)C(F)CCC(F)C(C)F. The fourth-order valence-electron chi connectivity index (χ4n) is 0.729. The first-order chi connectivity index (χ1) is 5.45. The number of halogens is 4. The van der Waals surface area contributed by atoms with E-state index in [2.05, 4.69) is 6.92 Å². The average molecular weight is 185 g/mol. The van der Waals surface area contributed by atoms with Crippen molar-refractivity contribution in [3.05, 3.63) is 6.92 Å². The van der Waals surface area contributed by atoms with Gasteiger partial charge in [0.05, 0.1) is 0 Å². The van der Waals surface area contributed by atoms with Crippen LogP contribution in [0, 0.1) is 6.92 Å². The summed E-state index contributed by atoms with van der Waals surface area (Å²) in [6.45, 7) is 3.85. The maximum absolute atomic E-state index is 12.5. The van der Waals surface area contributed by atoms with Crippen molar-refractivity contribution in [2.45, 2.75) is 44.5 Å². The molecule has 0 aliphatic carbocycles. The fourth-order valence-corrected chi connectivity index (χ4v) is 0.729. The van der Waals surface area contributed by atoms with Gasteiger partial charge in [0.1, 0.15) is 24.7 Å². The van der Waals surface area contributed by atoms with Gasteiger partial charge >= 0.3 is 0 Å². The van der Waals surface area contributed by atoms with Crippen LogP contribution in [0.25, 0.3) is 0 Å². The van der Waals surface area contributed by atoms with Crippen molar-refractivity contribution in [3.8, 4) is 0 Å². The summed E-state index contributed by atoms with van der Waals surface area (Å²) in [4.78, 5) is 0. The molecule has 0 aromatic carbocycles. The van der Waals surface area contributed by atoms with E-state index in [1.807, 2.05) is 0 Å². The Labute approximate surface area is 70.0 Å². The molecular formula is C8H13F4. The lowest BCUT2D eigenvalue weighted by atomic mass is 10.1. The second-order valence-electron chi connectivity index (χ2n) is 2.80. The number of hydrogen-bond donors (Lipinski definition) is 0. The highest BCUT2D eigenvalue weighted by Gasteiger charge is 2.20. The van der Waals surface area contributed by atoms with E-state index >= 15 is 0 Å². The van der Waals surface area contributed by atoms with Gasteiger partial charge in [0.2, 0.25) is 0 Å². The van der Waals surface area contributed by atoms with Gasteiger partial charge in [0.15, 0.2) is 0 Å². The quantitative estimate of drug-likeness (QED) is 0.577. The van der Waals surface area contributed by atoms with Crippen LogP contribution in [-0.2, 0) is 0 Å². The first kappa shape index (κ1) is 11.7. The van der Waals surface area contributed by atoms with Gasteiger partial charge < -0.3 is 0 Å². The zero-order valence-corrected chi connectivity index (χ0v) is 6.94. The summed E-state index contributed by atoms with van der Waals surface area (Å²) in [5, 5.41) is 0. The zero-order valence-electron chi connectivity index (χ0n) is 6.94. The first-order valence-corrected chi connectivity index (χ1v) is 3.84. The molecule has 0 rings (SSSR count). The third-order valence-corrected chi connectivity index (χ3v) is 1.61. The molecule has 0 aliphatic rings. The summed E-state index contributed by atoms with van der Waals surface area (Å²) in [6, 6.07) is 0. The molecule has 4 heteroatoms. The van der Waals surface area contributed by atoms with Crippen LogP contribution in [0.15, 0.2) is 0 Å². The van der Waals surface area contributed by atoms with Gasteiger partial charge in [-0.2, -0.15) is 0 Å². The number of hydrogen-bond acceptors (Lipinski definition) is 0. The van der Waals surface area contributed by atoms with Crippen LogP contribution in [0.1, 0.15) is 19.8 Å². The monoisotopic (exact) mass is 185 g/mol. The summed E-state index contributed by atoms with van der Waals surface area (Å²) in [5.74, 6) is 0. The van der Waals surface area contributed by atoms with E-state index in [0.717, 1.165) is 6.92 Å². The molecule has 0 spiro atoms. The molecule has 73 valence electrons. The van der Waals surface area contributed by atoms with Crippen molar-refractivity contribution in [1.29, 1.82) is 0 Å². The molecule has 1 radical (unpaired) electrons. The van der Waals surface area contributed by atoms with Crippen LogP contribution < -0.4 is 0 Å². The predicted molar refractivity (Wildman–Crippen MR) is 39.8 cm³/mol. The Kier molecular flexibility index (Phi) is 5.25. The van der Waals surface area contributed by atoms with Crippen LogP contribution in [0.4, 0.5) is 17.6 Å². The summed E-state index contributed by atoms with van der Waals surface area (Å²) < 4.78 is 49.1. The Hall–Kier alpha value is -0.280. The second kappa shape index (κ2) is 5.38. The number of alkyl halides is 4. The van der Waals surface area contributed by atoms with Crippen LogP contribution in [0.3, 0.4) is 0 Å². The Morgan fingerprint density at radius 3 is 1.75 bits per heavy atom. The van der Waals surface area contributed by atoms with Crippen molar-refractivity contribution in [1.82, 2.24) is 0 Å². The normalized spacial score (nSPS) is 21.5. The van der Waals surface area contributed by atoms with Crippen molar-refractivity contribution in [2.24, 2.45) is 0 Å². The van der Waals surface area contributed by atoms with E-state index < -0.39 is 24.7 Å². The van der Waals surface area contributed by atoms with Gasteiger partial charge in [-0.1, -0.05) is 0 Å². The van der Waals surface area contributed by atoms with E-state index in [0.29, 0.717) is 0 Å². The lowest BCUT2D eigenvalue weighted by molar-refractivity contribution is 0.135. The van der Waals surface area contributed by atoms with Crippen LogP contribution in [0.2, 0.25) is 0 Å². The topological polar surface area (TPSA) is 0 Å². The molecule has 0 aromatic heterocycles. The molecule has 0 aromatic rings. The highest BCUT2D eigenvalue weighted by Crippen LogP contribution is 2.16. The molecule has 4 atom stereocenters. The Morgan fingerprint density at radius 2 is 1.42 bits per heavy atom. The van der Waals surface area contributed by atoms with Gasteiger partial charge in [-0.3, -0.25) is 0 Å². The smallest absolute Gasteiger partial charge is 0.131 e. The van der Waals surface area contributed by atoms with Gasteiger partial charge in [-0.25, -0.2) is 17.6 Å². The third-order valence-electron chi connectivity index (χ3n) is 1.61. The highest BCUT2D eigenvalue weighted by molar-refractivity contribution is 4.73. The maximum atomic E-state index is 12.5. The van der Waals surface area contributed by atoms with Crippen molar-refractivity contribution >= 4 is 0 Å². The Bertz CT molecular complexity index is 99.6. The summed E-state index contributed by atoms with van der Waals surface area (Å²) in [5.41, 5.74) is 0. The zero-order chi connectivity index (χ0) is 9.72. The van der Waals surface area contributed by atoms with E-state index in [1.165, 1.54) is 0 Å². The molecule has 12 heavy (non-hydrogen) atoms. The molecule has 0 N–H and O–H groups in total. The van der Waals surface area contributed by atoms with Gasteiger partial charge in [0, 0.05) is 0 Å². The van der Waals surface area contributed by atoms with Gasteiger partial charge in [-0.15, -0.1) is 0 Å². The van der Waals surface area contributed by atoms with Crippen molar-refractivity contribution < 1.29 is 17.6 Å². The lowest BCUT2D eigenvalue weighted by Gasteiger charge is -2.12. The minimum absolute atomic E-state index is 0.297. The standard InChI is InChI=1S/C8H13F4/c1-5(9)7(11)3-4-8(12)6(2)10/h5-8H,1,3-4H2,2H3. The first-order valence-electron chi connectivity index (χ1n) is 3.84.